The summed E-state index contributed by atoms with van der Waals surface area (Å²) < 4.78 is 0. The lowest BCUT2D eigenvalue weighted by molar-refractivity contribution is -0.156. The standard InChI is InChI=1S/C13H17NO3/c1-9-7-5-6-8-11(9)13(3,12(16)17)14(4)10(2)15/h5-8H,1-4H3,(H,16,17). The number of carboxylic acids is 1. The Morgan fingerprint density at radius 3 is 2.24 bits per heavy atom. The fraction of sp³-hybridized carbons (Fsp3) is 0.385. The molecule has 4 nitrogen and oxygen atoms in total. The molecule has 0 saturated carbocycles. The summed E-state index contributed by atoms with van der Waals surface area (Å²) >= 11 is 0. The molecule has 0 bridgehead atoms. The van der Waals surface area contributed by atoms with Gasteiger partial charge < -0.3 is 10.0 Å². The van der Waals surface area contributed by atoms with Gasteiger partial charge >= 0.3 is 5.97 Å². The Balaban J connectivity index is 3.41. The maximum Gasteiger partial charge on any atom is 0.334 e. The van der Waals surface area contributed by atoms with Gasteiger partial charge in [0.25, 0.3) is 0 Å². The van der Waals surface area contributed by atoms with E-state index in [1.807, 2.05) is 19.1 Å². The highest BCUT2D eigenvalue weighted by molar-refractivity contribution is 5.87. The Hall–Kier alpha value is -1.84. The highest BCUT2D eigenvalue weighted by Crippen LogP contribution is 2.30. The van der Waals surface area contributed by atoms with Crippen LogP contribution in [0, 0.1) is 6.92 Å². The molecule has 92 valence electrons. The molecule has 0 saturated heterocycles. The first-order valence-corrected chi connectivity index (χ1v) is 5.35. The number of aliphatic carboxylic acids is 1. The molecule has 4 heteroatoms. The third-order valence-electron chi connectivity index (χ3n) is 3.23. The number of hydrogen-bond acceptors (Lipinski definition) is 2. The fourth-order valence-corrected chi connectivity index (χ4v) is 1.87. The van der Waals surface area contributed by atoms with Crippen molar-refractivity contribution in [1.82, 2.24) is 4.90 Å². The minimum Gasteiger partial charge on any atom is -0.479 e. The first kappa shape index (κ1) is 13.2. The molecular weight excluding hydrogens is 218 g/mol. The van der Waals surface area contributed by atoms with Gasteiger partial charge in [-0.15, -0.1) is 0 Å². The fourth-order valence-electron chi connectivity index (χ4n) is 1.87. The number of carboxylic acid groups (broad SMARTS) is 1. The molecule has 0 fully saturated rings. The second kappa shape index (κ2) is 4.57. The quantitative estimate of drug-likeness (QED) is 0.868. The number of nitrogens with zero attached hydrogens (tertiary/aromatic N) is 1. The summed E-state index contributed by atoms with van der Waals surface area (Å²) in [5, 5.41) is 9.44. The summed E-state index contributed by atoms with van der Waals surface area (Å²) in [5.41, 5.74) is 0.146. The zero-order valence-electron chi connectivity index (χ0n) is 10.5. The molecule has 0 radical (unpaired) electrons. The predicted molar refractivity (Wildman–Crippen MR) is 64.6 cm³/mol. The van der Waals surface area contributed by atoms with Crippen LogP contribution >= 0.6 is 0 Å². The van der Waals surface area contributed by atoms with Crippen LogP contribution in [-0.4, -0.2) is 28.9 Å². The van der Waals surface area contributed by atoms with Crippen LogP contribution in [-0.2, 0) is 15.1 Å². The summed E-state index contributed by atoms with van der Waals surface area (Å²) in [4.78, 5) is 24.2. The molecule has 17 heavy (non-hydrogen) atoms. The smallest absolute Gasteiger partial charge is 0.334 e. The number of hydrogen-bond donors (Lipinski definition) is 1. The predicted octanol–water partition coefficient (Wildman–Crippen LogP) is 1.77. The van der Waals surface area contributed by atoms with Crippen molar-refractivity contribution in [1.29, 1.82) is 0 Å². The third kappa shape index (κ3) is 2.16. The molecule has 0 aliphatic rings. The molecule has 1 amide bonds. The van der Waals surface area contributed by atoms with Crippen molar-refractivity contribution in [2.24, 2.45) is 0 Å². The highest BCUT2D eigenvalue weighted by atomic mass is 16.4. The van der Waals surface area contributed by atoms with Gasteiger partial charge in [0.15, 0.2) is 5.54 Å². The molecule has 1 rings (SSSR count). The van der Waals surface area contributed by atoms with E-state index in [9.17, 15) is 14.7 Å². The maximum absolute atomic E-state index is 11.5. The van der Waals surface area contributed by atoms with Crippen molar-refractivity contribution < 1.29 is 14.7 Å². The minimum atomic E-state index is -1.34. The average molecular weight is 235 g/mol. The topological polar surface area (TPSA) is 57.6 Å². The van der Waals surface area contributed by atoms with Crippen molar-refractivity contribution in [3.05, 3.63) is 35.4 Å². The van der Waals surface area contributed by atoms with E-state index in [1.54, 1.807) is 19.1 Å². The number of benzene rings is 1. The molecule has 0 aliphatic heterocycles. The number of aryl methyl sites for hydroxylation is 1. The van der Waals surface area contributed by atoms with E-state index in [4.69, 9.17) is 0 Å². The Kier molecular flexibility index (Phi) is 3.56. The van der Waals surface area contributed by atoms with E-state index in [2.05, 4.69) is 0 Å². The summed E-state index contributed by atoms with van der Waals surface area (Å²) in [7, 11) is 1.50. The summed E-state index contributed by atoms with van der Waals surface area (Å²) in [6, 6.07) is 7.19. The van der Waals surface area contributed by atoms with E-state index >= 15 is 0 Å². The minimum absolute atomic E-state index is 0.279. The van der Waals surface area contributed by atoms with Crippen LogP contribution in [0.3, 0.4) is 0 Å². The maximum atomic E-state index is 11.5. The monoisotopic (exact) mass is 235 g/mol. The molecule has 1 aromatic rings. The van der Waals surface area contributed by atoms with Crippen molar-refractivity contribution >= 4 is 11.9 Å². The molecule has 1 aromatic carbocycles. The van der Waals surface area contributed by atoms with Crippen LogP contribution in [0.25, 0.3) is 0 Å². The molecule has 0 heterocycles. The van der Waals surface area contributed by atoms with Crippen LogP contribution < -0.4 is 0 Å². The second-order valence-corrected chi connectivity index (χ2v) is 4.27. The number of amides is 1. The Bertz CT molecular complexity index is 456. The second-order valence-electron chi connectivity index (χ2n) is 4.27. The van der Waals surface area contributed by atoms with Gasteiger partial charge in [0, 0.05) is 14.0 Å². The molecule has 1 unspecified atom stereocenters. The SMILES string of the molecule is CC(=O)N(C)C(C)(C(=O)O)c1ccccc1C. The van der Waals surface area contributed by atoms with Gasteiger partial charge in [-0.25, -0.2) is 4.79 Å². The van der Waals surface area contributed by atoms with Gasteiger partial charge in [0.2, 0.25) is 5.91 Å². The van der Waals surface area contributed by atoms with Gasteiger partial charge in [-0.1, -0.05) is 24.3 Å². The number of carbonyl (C=O) groups excluding carboxylic acids is 1. The Morgan fingerprint density at radius 2 is 1.82 bits per heavy atom. The zero-order chi connectivity index (χ0) is 13.2. The molecule has 0 spiro atoms. The van der Waals surface area contributed by atoms with Crippen LogP contribution in [0.1, 0.15) is 25.0 Å². The van der Waals surface area contributed by atoms with Crippen molar-refractivity contribution in [2.45, 2.75) is 26.3 Å². The van der Waals surface area contributed by atoms with Gasteiger partial charge in [0.1, 0.15) is 0 Å². The Labute approximate surface area is 101 Å². The lowest BCUT2D eigenvalue weighted by atomic mass is 9.87. The number of rotatable bonds is 3. The highest BCUT2D eigenvalue weighted by Gasteiger charge is 2.41. The van der Waals surface area contributed by atoms with Crippen LogP contribution in [0.4, 0.5) is 0 Å². The van der Waals surface area contributed by atoms with E-state index in [-0.39, 0.29) is 5.91 Å². The largest absolute Gasteiger partial charge is 0.479 e. The van der Waals surface area contributed by atoms with Gasteiger partial charge in [-0.3, -0.25) is 4.79 Å². The average Bonchev–Trinajstić information content (AvgIpc) is 2.27. The number of carbonyl (C=O) groups is 2. The first-order valence-electron chi connectivity index (χ1n) is 5.35. The summed E-state index contributed by atoms with van der Waals surface area (Å²) in [5.74, 6) is -1.32. The first-order chi connectivity index (χ1) is 7.81. The van der Waals surface area contributed by atoms with E-state index in [0.717, 1.165) is 5.56 Å². The van der Waals surface area contributed by atoms with Gasteiger partial charge in [-0.05, 0) is 25.0 Å². The van der Waals surface area contributed by atoms with E-state index in [0.29, 0.717) is 5.56 Å². The van der Waals surface area contributed by atoms with E-state index < -0.39 is 11.5 Å². The molecule has 0 aliphatic carbocycles. The molecule has 0 aromatic heterocycles. The Morgan fingerprint density at radius 1 is 1.29 bits per heavy atom. The van der Waals surface area contributed by atoms with Crippen LogP contribution in [0.2, 0.25) is 0 Å². The third-order valence-corrected chi connectivity index (χ3v) is 3.23. The lowest BCUT2D eigenvalue weighted by Gasteiger charge is -2.35. The zero-order valence-corrected chi connectivity index (χ0v) is 10.5. The lowest BCUT2D eigenvalue weighted by Crippen LogP contribution is -2.50. The van der Waals surface area contributed by atoms with Gasteiger partial charge in [0.05, 0.1) is 0 Å². The van der Waals surface area contributed by atoms with Crippen molar-refractivity contribution in [3.8, 4) is 0 Å². The van der Waals surface area contributed by atoms with E-state index in [1.165, 1.54) is 18.9 Å². The van der Waals surface area contributed by atoms with Crippen molar-refractivity contribution in [2.75, 3.05) is 7.05 Å². The van der Waals surface area contributed by atoms with Gasteiger partial charge in [-0.2, -0.15) is 0 Å². The molecular formula is C13H17NO3. The summed E-state index contributed by atoms with van der Waals surface area (Å²) in [6.07, 6.45) is 0. The number of likely N-dealkylation sites (N-methyl/N-ethyl adjacent to an activating group) is 1. The molecule has 1 atom stereocenters. The van der Waals surface area contributed by atoms with Crippen molar-refractivity contribution in [3.63, 3.8) is 0 Å². The van der Waals surface area contributed by atoms with Crippen LogP contribution in [0.15, 0.2) is 24.3 Å². The normalized spacial score (nSPS) is 13.9. The molecule has 1 N–H and O–H groups in total. The summed E-state index contributed by atoms with van der Waals surface area (Å²) in [6.45, 7) is 4.74. The van der Waals surface area contributed by atoms with Crippen LogP contribution in [0.5, 0.6) is 0 Å².